The van der Waals surface area contributed by atoms with E-state index in [4.69, 9.17) is 5.11 Å². The fraction of sp³-hybridized carbons (Fsp3) is 0.833. The molecule has 0 aliphatic carbocycles. The van der Waals surface area contributed by atoms with Gasteiger partial charge in [-0.25, -0.2) is 4.79 Å². The van der Waals surface area contributed by atoms with Gasteiger partial charge in [0.05, 0.1) is 0 Å². The molecule has 0 radical (unpaired) electrons. The van der Waals surface area contributed by atoms with E-state index in [1.807, 2.05) is 0 Å². The van der Waals surface area contributed by atoms with Crippen LogP contribution < -0.4 is 0 Å². The molecule has 0 amide bonds. The van der Waals surface area contributed by atoms with Crippen molar-refractivity contribution in [2.45, 2.75) is 17.9 Å². The number of alkyl halides is 2. The highest BCUT2D eigenvalue weighted by molar-refractivity contribution is 7.99. The van der Waals surface area contributed by atoms with Gasteiger partial charge in [0.15, 0.2) is 0 Å². The maximum Gasteiger partial charge on any atom is 0.377 e. The van der Waals surface area contributed by atoms with Gasteiger partial charge in [-0.3, -0.25) is 0 Å². The number of hydrogen-bond acceptors (Lipinski definition) is 3. The van der Waals surface area contributed by atoms with Gasteiger partial charge < -0.3 is 10.2 Å². The van der Waals surface area contributed by atoms with Gasteiger partial charge in [0.2, 0.25) is 0 Å². The van der Waals surface area contributed by atoms with Gasteiger partial charge in [-0.2, -0.15) is 20.5 Å². The van der Waals surface area contributed by atoms with E-state index in [9.17, 15) is 18.7 Å². The second kappa shape index (κ2) is 2.85. The van der Waals surface area contributed by atoms with E-state index < -0.39 is 17.5 Å². The Morgan fingerprint density at radius 1 is 1.58 bits per heavy atom. The number of carboxylic acids is 1. The van der Waals surface area contributed by atoms with E-state index >= 15 is 0 Å². The van der Waals surface area contributed by atoms with Crippen LogP contribution in [-0.4, -0.2) is 39.2 Å². The van der Waals surface area contributed by atoms with E-state index in [0.29, 0.717) is 5.75 Å². The number of carbonyl (C=O) groups is 1. The van der Waals surface area contributed by atoms with Gasteiger partial charge in [0.1, 0.15) is 5.60 Å². The first-order chi connectivity index (χ1) is 5.40. The van der Waals surface area contributed by atoms with Crippen LogP contribution in [0.1, 0.15) is 6.42 Å². The lowest BCUT2D eigenvalue weighted by molar-refractivity contribution is -0.201. The third-order valence-corrected chi connectivity index (χ3v) is 3.03. The standard InChI is InChI=1S/C6H8F2O3S/c7-6(8,4(9)10)5(11)1-2-12-3-5/h11H,1-3H2,(H,9,10). The fourth-order valence-corrected chi connectivity index (χ4v) is 2.29. The molecular weight excluding hydrogens is 190 g/mol. The minimum absolute atomic E-state index is 0.170. The molecule has 1 heterocycles. The second-order valence-electron chi connectivity index (χ2n) is 2.71. The number of halogens is 2. The maximum absolute atomic E-state index is 12.8. The van der Waals surface area contributed by atoms with Crippen LogP contribution in [0.3, 0.4) is 0 Å². The van der Waals surface area contributed by atoms with Gasteiger partial charge in [0, 0.05) is 5.75 Å². The highest BCUT2D eigenvalue weighted by Crippen LogP contribution is 2.40. The van der Waals surface area contributed by atoms with Gasteiger partial charge >= 0.3 is 11.9 Å². The first-order valence-electron chi connectivity index (χ1n) is 3.31. The van der Waals surface area contributed by atoms with E-state index in [2.05, 4.69) is 0 Å². The lowest BCUT2D eigenvalue weighted by Crippen LogP contribution is -2.53. The van der Waals surface area contributed by atoms with Gasteiger partial charge in [-0.05, 0) is 12.2 Å². The van der Waals surface area contributed by atoms with Crippen LogP contribution in [0, 0.1) is 0 Å². The molecule has 1 atom stereocenters. The number of carboxylic acid groups (broad SMARTS) is 1. The number of aliphatic carboxylic acids is 1. The molecule has 1 saturated heterocycles. The third kappa shape index (κ3) is 1.29. The molecule has 1 unspecified atom stereocenters. The van der Waals surface area contributed by atoms with Crippen molar-refractivity contribution in [3.05, 3.63) is 0 Å². The van der Waals surface area contributed by atoms with Crippen LogP contribution in [-0.2, 0) is 4.79 Å². The molecule has 1 rings (SSSR count). The van der Waals surface area contributed by atoms with E-state index in [0.717, 1.165) is 11.8 Å². The van der Waals surface area contributed by atoms with Gasteiger partial charge in [-0.15, -0.1) is 0 Å². The molecule has 3 nitrogen and oxygen atoms in total. The Morgan fingerprint density at radius 3 is 2.50 bits per heavy atom. The van der Waals surface area contributed by atoms with Crippen molar-refractivity contribution in [3.63, 3.8) is 0 Å². The maximum atomic E-state index is 12.8. The number of aliphatic hydroxyl groups is 1. The fourth-order valence-electron chi connectivity index (χ4n) is 1.00. The van der Waals surface area contributed by atoms with Crippen LogP contribution >= 0.6 is 11.8 Å². The van der Waals surface area contributed by atoms with Crippen LogP contribution in [0.15, 0.2) is 0 Å². The minimum atomic E-state index is -4.03. The second-order valence-corrected chi connectivity index (χ2v) is 3.82. The molecule has 0 saturated carbocycles. The highest BCUT2D eigenvalue weighted by atomic mass is 32.2. The summed E-state index contributed by atoms with van der Waals surface area (Å²) in [6, 6.07) is 0. The molecule has 0 aromatic heterocycles. The summed E-state index contributed by atoms with van der Waals surface area (Å²) in [7, 11) is 0. The van der Waals surface area contributed by atoms with Crippen molar-refractivity contribution in [2.24, 2.45) is 0 Å². The molecule has 70 valence electrons. The zero-order chi connectivity index (χ0) is 9.41. The zero-order valence-electron chi connectivity index (χ0n) is 6.09. The molecule has 1 aliphatic heterocycles. The Kier molecular flexibility index (Phi) is 2.31. The first kappa shape index (κ1) is 9.73. The largest absolute Gasteiger partial charge is 0.477 e. The van der Waals surface area contributed by atoms with Gasteiger partial charge in [-0.1, -0.05) is 0 Å². The quantitative estimate of drug-likeness (QED) is 0.681. The number of hydrogen-bond donors (Lipinski definition) is 2. The van der Waals surface area contributed by atoms with Crippen molar-refractivity contribution in [1.29, 1.82) is 0 Å². The van der Waals surface area contributed by atoms with Crippen molar-refractivity contribution in [1.82, 2.24) is 0 Å². The van der Waals surface area contributed by atoms with Crippen LogP contribution in [0.5, 0.6) is 0 Å². The monoisotopic (exact) mass is 198 g/mol. The summed E-state index contributed by atoms with van der Waals surface area (Å²) in [5.41, 5.74) is -2.36. The van der Waals surface area contributed by atoms with Crippen molar-refractivity contribution in [3.8, 4) is 0 Å². The molecule has 0 aromatic carbocycles. The Balaban J connectivity index is 2.85. The molecule has 12 heavy (non-hydrogen) atoms. The van der Waals surface area contributed by atoms with Crippen LogP contribution in [0.25, 0.3) is 0 Å². The summed E-state index contributed by atoms with van der Waals surface area (Å²) < 4.78 is 25.5. The molecule has 0 spiro atoms. The summed E-state index contributed by atoms with van der Waals surface area (Å²) >= 11 is 1.13. The van der Waals surface area contributed by atoms with Crippen molar-refractivity contribution >= 4 is 17.7 Å². The summed E-state index contributed by atoms with van der Waals surface area (Å²) in [4.78, 5) is 10.1. The highest BCUT2D eigenvalue weighted by Gasteiger charge is 2.60. The SMILES string of the molecule is O=C(O)C(F)(F)C1(O)CCSC1. The zero-order valence-corrected chi connectivity index (χ0v) is 6.90. The van der Waals surface area contributed by atoms with Gasteiger partial charge in [0.25, 0.3) is 0 Å². The van der Waals surface area contributed by atoms with Crippen LogP contribution in [0.2, 0.25) is 0 Å². The predicted octanol–water partition coefficient (Wildman–Crippen LogP) is 0.574. The smallest absolute Gasteiger partial charge is 0.377 e. The third-order valence-electron chi connectivity index (χ3n) is 1.85. The minimum Gasteiger partial charge on any atom is -0.477 e. The Hall–Kier alpha value is -0.360. The summed E-state index contributed by atoms with van der Waals surface area (Å²) in [5.74, 6) is -6.13. The molecule has 2 N–H and O–H groups in total. The lowest BCUT2D eigenvalue weighted by Gasteiger charge is -2.27. The Morgan fingerprint density at radius 2 is 2.17 bits per heavy atom. The lowest BCUT2D eigenvalue weighted by atomic mass is 9.95. The molecule has 1 aliphatic rings. The van der Waals surface area contributed by atoms with Crippen molar-refractivity contribution < 1.29 is 23.8 Å². The summed E-state index contributed by atoms with van der Waals surface area (Å²) in [6.45, 7) is 0. The summed E-state index contributed by atoms with van der Waals surface area (Å²) in [6.07, 6.45) is -0.170. The van der Waals surface area contributed by atoms with Crippen molar-refractivity contribution in [2.75, 3.05) is 11.5 Å². The molecular formula is C6H8F2O3S. The predicted molar refractivity (Wildman–Crippen MR) is 39.5 cm³/mol. The Bertz CT molecular complexity index is 201. The van der Waals surface area contributed by atoms with E-state index in [1.165, 1.54) is 0 Å². The Labute approximate surface area is 71.8 Å². The number of thioether (sulfide) groups is 1. The molecule has 6 heteroatoms. The van der Waals surface area contributed by atoms with E-state index in [1.54, 1.807) is 0 Å². The average Bonchev–Trinajstić information content (AvgIpc) is 2.37. The molecule has 0 bridgehead atoms. The summed E-state index contributed by atoms with van der Waals surface area (Å²) in [5, 5.41) is 17.4. The average molecular weight is 198 g/mol. The normalized spacial score (nSPS) is 30.6. The molecule has 1 fully saturated rings. The molecule has 0 aromatic rings. The number of rotatable bonds is 2. The van der Waals surface area contributed by atoms with Crippen LogP contribution in [0.4, 0.5) is 8.78 Å². The topological polar surface area (TPSA) is 57.5 Å². The van der Waals surface area contributed by atoms with E-state index in [-0.39, 0.29) is 12.2 Å². The first-order valence-corrected chi connectivity index (χ1v) is 4.47.